The van der Waals surface area contributed by atoms with Gasteiger partial charge in [0, 0.05) is 11.8 Å². The SMILES string of the molecule is COC(=O)c1ccc(OCCNC(=O)C=CCc2cc3ccccc3o2)cc1. The number of hydrogen-bond acceptors (Lipinski definition) is 5. The van der Waals surface area contributed by atoms with Crippen LogP contribution in [0.2, 0.25) is 0 Å². The van der Waals surface area contributed by atoms with Crippen LogP contribution in [0.1, 0.15) is 16.1 Å². The molecule has 0 saturated carbocycles. The van der Waals surface area contributed by atoms with Crippen molar-refractivity contribution in [2.45, 2.75) is 6.42 Å². The molecule has 1 amide bonds. The number of rotatable bonds is 8. The van der Waals surface area contributed by atoms with E-state index in [0.717, 1.165) is 16.7 Å². The molecule has 6 heteroatoms. The maximum absolute atomic E-state index is 11.8. The number of methoxy groups -OCH3 is 1. The second kappa shape index (κ2) is 9.41. The summed E-state index contributed by atoms with van der Waals surface area (Å²) in [5.41, 5.74) is 1.30. The first-order chi connectivity index (χ1) is 13.7. The number of amides is 1. The Morgan fingerprint density at radius 3 is 2.64 bits per heavy atom. The zero-order valence-corrected chi connectivity index (χ0v) is 15.5. The lowest BCUT2D eigenvalue weighted by Gasteiger charge is -2.07. The summed E-state index contributed by atoms with van der Waals surface area (Å²) in [6.07, 6.45) is 3.79. The molecular weight excluding hydrogens is 358 g/mol. The fraction of sp³-hybridized carbons (Fsp3) is 0.182. The van der Waals surface area contributed by atoms with Crippen LogP contribution >= 0.6 is 0 Å². The van der Waals surface area contributed by atoms with Gasteiger partial charge in [0.2, 0.25) is 5.91 Å². The summed E-state index contributed by atoms with van der Waals surface area (Å²) in [5, 5.41) is 3.80. The van der Waals surface area contributed by atoms with Gasteiger partial charge in [0.1, 0.15) is 23.7 Å². The molecule has 0 aliphatic rings. The lowest BCUT2D eigenvalue weighted by molar-refractivity contribution is -0.116. The van der Waals surface area contributed by atoms with Crippen molar-refractivity contribution in [3.8, 4) is 5.75 Å². The number of para-hydroxylation sites is 1. The molecular formula is C22H21NO5. The monoisotopic (exact) mass is 379 g/mol. The van der Waals surface area contributed by atoms with E-state index < -0.39 is 5.97 Å². The molecule has 0 unspecified atom stereocenters. The lowest BCUT2D eigenvalue weighted by Crippen LogP contribution is -2.26. The molecule has 2 aromatic carbocycles. The van der Waals surface area contributed by atoms with Crippen molar-refractivity contribution in [3.63, 3.8) is 0 Å². The van der Waals surface area contributed by atoms with Crippen molar-refractivity contribution in [1.29, 1.82) is 0 Å². The van der Waals surface area contributed by atoms with E-state index in [-0.39, 0.29) is 5.91 Å². The molecule has 0 fully saturated rings. The number of benzene rings is 2. The van der Waals surface area contributed by atoms with Crippen LogP contribution in [0.25, 0.3) is 11.0 Å². The number of fused-ring (bicyclic) bond motifs is 1. The zero-order chi connectivity index (χ0) is 19.8. The van der Waals surface area contributed by atoms with Crippen LogP contribution in [0.15, 0.2) is 71.2 Å². The van der Waals surface area contributed by atoms with Crippen molar-refractivity contribution in [2.75, 3.05) is 20.3 Å². The van der Waals surface area contributed by atoms with Gasteiger partial charge in [-0.05, 0) is 42.5 Å². The molecule has 3 rings (SSSR count). The average molecular weight is 379 g/mol. The Kier molecular flexibility index (Phi) is 6.46. The van der Waals surface area contributed by atoms with Gasteiger partial charge in [-0.2, -0.15) is 0 Å². The molecule has 3 aromatic rings. The maximum Gasteiger partial charge on any atom is 0.337 e. The third-order valence-electron chi connectivity index (χ3n) is 4.01. The summed E-state index contributed by atoms with van der Waals surface area (Å²) < 4.78 is 15.9. The molecule has 0 bridgehead atoms. The fourth-order valence-corrected chi connectivity index (χ4v) is 2.63. The highest BCUT2D eigenvalue weighted by Crippen LogP contribution is 2.19. The highest BCUT2D eigenvalue weighted by molar-refractivity contribution is 5.89. The van der Waals surface area contributed by atoms with E-state index in [0.29, 0.717) is 30.9 Å². The van der Waals surface area contributed by atoms with Crippen LogP contribution in [-0.4, -0.2) is 32.1 Å². The molecule has 1 heterocycles. The summed E-state index contributed by atoms with van der Waals surface area (Å²) in [6, 6.07) is 16.4. The number of carbonyl (C=O) groups is 2. The molecule has 0 aliphatic carbocycles. The van der Waals surface area contributed by atoms with E-state index >= 15 is 0 Å². The molecule has 0 saturated heterocycles. The summed E-state index contributed by atoms with van der Waals surface area (Å²) in [5.74, 6) is 0.834. The minimum Gasteiger partial charge on any atom is -0.492 e. The third kappa shape index (κ3) is 5.23. The number of furan rings is 1. The van der Waals surface area contributed by atoms with Gasteiger partial charge in [0.15, 0.2) is 0 Å². The zero-order valence-electron chi connectivity index (χ0n) is 15.5. The van der Waals surface area contributed by atoms with Gasteiger partial charge >= 0.3 is 5.97 Å². The molecule has 28 heavy (non-hydrogen) atoms. The van der Waals surface area contributed by atoms with Gasteiger partial charge < -0.3 is 19.2 Å². The van der Waals surface area contributed by atoms with Crippen LogP contribution in [0.3, 0.4) is 0 Å². The van der Waals surface area contributed by atoms with E-state index in [1.165, 1.54) is 13.2 Å². The van der Waals surface area contributed by atoms with Crippen molar-refractivity contribution in [3.05, 3.63) is 78.1 Å². The summed E-state index contributed by atoms with van der Waals surface area (Å²) in [7, 11) is 1.33. The number of hydrogen-bond donors (Lipinski definition) is 1. The highest BCUT2D eigenvalue weighted by atomic mass is 16.5. The maximum atomic E-state index is 11.8. The van der Waals surface area contributed by atoms with Crippen molar-refractivity contribution >= 4 is 22.8 Å². The van der Waals surface area contributed by atoms with Gasteiger partial charge in [-0.1, -0.05) is 24.3 Å². The quantitative estimate of drug-likeness (QED) is 0.368. The molecule has 6 nitrogen and oxygen atoms in total. The largest absolute Gasteiger partial charge is 0.492 e. The minimum atomic E-state index is -0.395. The van der Waals surface area contributed by atoms with Crippen molar-refractivity contribution in [1.82, 2.24) is 5.32 Å². The third-order valence-corrected chi connectivity index (χ3v) is 4.01. The van der Waals surface area contributed by atoms with Gasteiger partial charge in [-0.25, -0.2) is 4.79 Å². The Labute approximate surface area is 162 Å². The first-order valence-electron chi connectivity index (χ1n) is 8.89. The van der Waals surface area contributed by atoms with Crippen molar-refractivity contribution in [2.24, 2.45) is 0 Å². The number of carbonyl (C=O) groups excluding carboxylic acids is 2. The second-order valence-corrected chi connectivity index (χ2v) is 6.01. The second-order valence-electron chi connectivity index (χ2n) is 6.01. The lowest BCUT2D eigenvalue weighted by atomic mass is 10.2. The fourth-order valence-electron chi connectivity index (χ4n) is 2.63. The van der Waals surface area contributed by atoms with Gasteiger partial charge in [0.05, 0.1) is 19.2 Å². The van der Waals surface area contributed by atoms with E-state index in [4.69, 9.17) is 9.15 Å². The number of esters is 1. The summed E-state index contributed by atoms with van der Waals surface area (Å²) in [6.45, 7) is 0.688. The normalized spacial score (nSPS) is 10.9. The van der Waals surface area contributed by atoms with E-state index in [1.54, 1.807) is 30.3 Å². The van der Waals surface area contributed by atoms with E-state index in [1.807, 2.05) is 30.3 Å². The topological polar surface area (TPSA) is 77.8 Å². The van der Waals surface area contributed by atoms with Crippen LogP contribution in [-0.2, 0) is 16.0 Å². The Morgan fingerprint density at radius 1 is 1.11 bits per heavy atom. The Balaban J connectivity index is 1.37. The van der Waals surface area contributed by atoms with E-state index in [9.17, 15) is 9.59 Å². The number of ether oxygens (including phenoxy) is 2. The number of nitrogens with one attached hydrogen (secondary N) is 1. The number of allylic oxidation sites excluding steroid dienone is 1. The molecule has 1 N–H and O–H groups in total. The molecule has 144 valence electrons. The summed E-state index contributed by atoms with van der Waals surface area (Å²) >= 11 is 0. The minimum absolute atomic E-state index is 0.194. The predicted octanol–water partition coefficient (Wildman–Crippen LogP) is 3.51. The standard InChI is InChI=1S/C22H21NO5/c1-26-22(25)16-9-11-18(12-10-16)27-14-13-23-21(24)8-4-6-19-15-17-5-2-3-7-20(17)28-19/h2-5,7-12,15H,6,13-14H2,1H3,(H,23,24). The predicted molar refractivity (Wildman–Crippen MR) is 105 cm³/mol. The van der Waals surface area contributed by atoms with Gasteiger partial charge in [-0.15, -0.1) is 0 Å². The molecule has 0 spiro atoms. The Morgan fingerprint density at radius 2 is 1.89 bits per heavy atom. The molecule has 0 atom stereocenters. The Bertz CT molecular complexity index is 939. The molecule has 0 aliphatic heterocycles. The average Bonchev–Trinajstić information content (AvgIpc) is 3.14. The van der Waals surface area contributed by atoms with Gasteiger partial charge in [0.25, 0.3) is 0 Å². The summed E-state index contributed by atoms with van der Waals surface area (Å²) in [4.78, 5) is 23.2. The smallest absolute Gasteiger partial charge is 0.337 e. The molecule has 1 aromatic heterocycles. The van der Waals surface area contributed by atoms with E-state index in [2.05, 4.69) is 10.1 Å². The highest BCUT2D eigenvalue weighted by Gasteiger charge is 2.05. The Hall–Kier alpha value is -3.54. The van der Waals surface area contributed by atoms with Crippen molar-refractivity contribution < 1.29 is 23.5 Å². The van der Waals surface area contributed by atoms with Gasteiger partial charge in [-0.3, -0.25) is 4.79 Å². The van der Waals surface area contributed by atoms with Crippen LogP contribution in [0.5, 0.6) is 5.75 Å². The van der Waals surface area contributed by atoms with Crippen LogP contribution in [0, 0.1) is 0 Å². The van der Waals surface area contributed by atoms with Crippen LogP contribution in [0.4, 0.5) is 0 Å². The van der Waals surface area contributed by atoms with Crippen LogP contribution < -0.4 is 10.1 Å². The first kappa shape index (κ1) is 19.2. The first-order valence-corrected chi connectivity index (χ1v) is 8.89. The molecule has 0 radical (unpaired) electrons.